The lowest BCUT2D eigenvalue weighted by Crippen LogP contribution is -2.22. The lowest BCUT2D eigenvalue weighted by molar-refractivity contribution is 0.407. The summed E-state index contributed by atoms with van der Waals surface area (Å²) in [5.41, 5.74) is 10.2. The fourth-order valence-corrected chi connectivity index (χ4v) is 2.76. The largest absolute Gasteiger partial charge is 0.497 e. The van der Waals surface area contributed by atoms with Gasteiger partial charge in [0.2, 0.25) is 5.88 Å². The molecule has 1 heterocycles. The van der Waals surface area contributed by atoms with Crippen LogP contribution in [0.25, 0.3) is 0 Å². The molecule has 0 bridgehead atoms. The first-order valence-electron chi connectivity index (χ1n) is 8.94. The van der Waals surface area contributed by atoms with E-state index in [2.05, 4.69) is 21.4 Å². The van der Waals surface area contributed by atoms with Crippen LogP contribution in [0.15, 0.2) is 65.8 Å². The van der Waals surface area contributed by atoms with E-state index in [-0.39, 0.29) is 24.0 Å². The third-order valence-corrected chi connectivity index (χ3v) is 3.99. The molecule has 6 nitrogen and oxygen atoms in total. The number of anilines is 1. The van der Waals surface area contributed by atoms with Gasteiger partial charge in [-0.1, -0.05) is 18.2 Å². The normalized spacial score (nSPS) is 10.8. The van der Waals surface area contributed by atoms with Crippen LogP contribution in [0.1, 0.15) is 16.7 Å². The van der Waals surface area contributed by atoms with Gasteiger partial charge in [0.15, 0.2) is 5.96 Å². The number of guanidine groups is 1. The first kappa shape index (κ1) is 22.5. The van der Waals surface area contributed by atoms with E-state index in [0.717, 1.165) is 17.0 Å². The number of nitrogens with one attached hydrogen (secondary N) is 1. The van der Waals surface area contributed by atoms with Crippen LogP contribution < -0.4 is 20.5 Å². The van der Waals surface area contributed by atoms with Crippen LogP contribution in [0.5, 0.6) is 17.4 Å². The number of aliphatic imine (C=N–C) groups is 1. The fraction of sp³-hybridized carbons (Fsp3) is 0.182. The molecule has 0 unspecified atom stereocenters. The lowest BCUT2D eigenvalue weighted by Gasteiger charge is -2.08. The summed E-state index contributed by atoms with van der Waals surface area (Å²) < 4.78 is 10.9. The minimum atomic E-state index is 0. The van der Waals surface area contributed by atoms with Crippen molar-refractivity contribution in [3.63, 3.8) is 0 Å². The zero-order valence-corrected chi connectivity index (χ0v) is 19.0. The predicted octanol–water partition coefficient (Wildman–Crippen LogP) is 5.04. The Balaban J connectivity index is 0.00000300. The summed E-state index contributed by atoms with van der Waals surface area (Å²) in [5, 5.41) is 3.12. The summed E-state index contributed by atoms with van der Waals surface area (Å²) in [7, 11) is 1.62. The Morgan fingerprint density at radius 3 is 2.41 bits per heavy atom. The van der Waals surface area contributed by atoms with E-state index in [1.807, 2.05) is 50.2 Å². The number of methoxy groups -OCH3 is 1. The van der Waals surface area contributed by atoms with Gasteiger partial charge < -0.3 is 20.5 Å². The van der Waals surface area contributed by atoms with Crippen molar-refractivity contribution in [1.29, 1.82) is 0 Å². The highest BCUT2D eigenvalue weighted by atomic mass is 127. The van der Waals surface area contributed by atoms with E-state index in [0.29, 0.717) is 24.1 Å². The molecule has 3 aromatic rings. The van der Waals surface area contributed by atoms with Crippen LogP contribution >= 0.6 is 24.0 Å². The molecule has 0 spiro atoms. The van der Waals surface area contributed by atoms with Gasteiger partial charge in [0.1, 0.15) is 11.5 Å². The van der Waals surface area contributed by atoms with Gasteiger partial charge >= 0.3 is 0 Å². The highest BCUT2D eigenvalue weighted by Gasteiger charge is 2.02. The fourth-order valence-electron chi connectivity index (χ4n) is 2.76. The van der Waals surface area contributed by atoms with E-state index >= 15 is 0 Å². The molecule has 3 N–H and O–H groups in total. The smallest absolute Gasteiger partial charge is 0.219 e. The van der Waals surface area contributed by atoms with Gasteiger partial charge in [-0.15, -0.1) is 24.0 Å². The van der Waals surface area contributed by atoms with Crippen LogP contribution in [0, 0.1) is 13.8 Å². The third kappa shape index (κ3) is 6.94. The van der Waals surface area contributed by atoms with Crippen molar-refractivity contribution in [1.82, 2.24) is 4.98 Å². The molecule has 0 atom stereocenters. The van der Waals surface area contributed by atoms with Crippen molar-refractivity contribution in [2.24, 2.45) is 10.7 Å². The molecule has 0 saturated heterocycles. The van der Waals surface area contributed by atoms with Gasteiger partial charge in [0.05, 0.1) is 13.7 Å². The molecule has 0 aliphatic heterocycles. The topological polar surface area (TPSA) is 81.8 Å². The van der Waals surface area contributed by atoms with Crippen molar-refractivity contribution in [2.45, 2.75) is 20.4 Å². The Kier molecular flexibility index (Phi) is 8.26. The second-order valence-electron chi connectivity index (χ2n) is 6.49. The van der Waals surface area contributed by atoms with Gasteiger partial charge in [-0.25, -0.2) is 9.98 Å². The number of benzene rings is 2. The summed E-state index contributed by atoms with van der Waals surface area (Å²) in [5.74, 6) is 2.26. The molecular weight excluding hydrogens is 479 g/mol. The molecule has 0 radical (unpaired) electrons. The second-order valence-corrected chi connectivity index (χ2v) is 6.49. The summed E-state index contributed by atoms with van der Waals surface area (Å²) >= 11 is 0. The first-order valence-corrected chi connectivity index (χ1v) is 8.94. The summed E-state index contributed by atoms with van der Waals surface area (Å²) in [4.78, 5) is 8.69. The van der Waals surface area contributed by atoms with E-state index < -0.39 is 0 Å². The van der Waals surface area contributed by atoms with Crippen molar-refractivity contribution in [3.8, 4) is 17.4 Å². The predicted molar refractivity (Wildman–Crippen MR) is 128 cm³/mol. The van der Waals surface area contributed by atoms with Crippen molar-refractivity contribution >= 4 is 35.6 Å². The van der Waals surface area contributed by atoms with E-state index in [9.17, 15) is 0 Å². The summed E-state index contributed by atoms with van der Waals surface area (Å²) in [6.45, 7) is 4.52. The number of aryl methyl sites for hydroxylation is 2. The number of aromatic nitrogens is 1. The van der Waals surface area contributed by atoms with Crippen LogP contribution in [0.2, 0.25) is 0 Å². The van der Waals surface area contributed by atoms with E-state index in [4.69, 9.17) is 15.2 Å². The molecule has 2 aromatic carbocycles. The standard InChI is InChI=1S/C22H24N4O2.HI/c1-15-9-16(2)11-18(10-15)26-22(23)25-14-17-7-8-21(24-13-17)28-20-6-4-5-19(12-20)27-3;/h4-13H,14H2,1-3H3,(H3,23,25,26);1H. The van der Waals surface area contributed by atoms with Gasteiger partial charge in [-0.05, 0) is 54.8 Å². The van der Waals surface area contributed by atoms with Crippen LogP contribution in [-0.4, -0.2) is 18.1 Å². The SMILES string of the molecule is COc1cccc(Oc2ccc(CN=C(N)Nc3cc(C)cc(C)c3)cn2)c1.I. The van der Waals surface area contributed by atoms with Crippen molar-refractivity contribution in [2.75, 3.05) is 12.4 Å². The number of hydrogen-bond donors (Lipinski definition) is 2. The molecule has 0 aliphatic carbocycles. The monoisotopic (exact) mass is 504 g/mol. The Morgan fingerprint density at radius 1 is 1.03 bits per heavy atom. The van der Waals surface area contributed by atoms with E-state index in [1.165, 1.54) is 11.1 Å². The summed E-state index contributed by atoms with van der Waals surface area (Å²) in [6.07, 6.45) is 1.73. The summed E-state index contributed by atoms with van der Waals surface area (Å²) in [6, 6.07) is 17.3. The molecule has 0 amide bonds. The molecule has 152 valence electrons. The van der Waals surface area contributed by atoms with Gasteiger partial charge in [0, 0.05) is 24.0 Å². The van der Waals surface area contributed by atoms with Crippen molar-refractivity contribution < 1.29 is 9.47 Å². The zero-order chi connectivity index (χ0) is 19.9. The maximum atomic E-state index is 6.00. The number of ether oxygens (including phenoxy) is 2. The highest BCUT2D eigenvalue weighted by Crippen LogP contribution is 2.23. The molecule has 7 heteroatoms. The minimum Gasteiger partial charge on any atom is -0.497 e. The van der Waals surface area contributed by atoms with Gasteiger partial charge in [0.25, 0.3) is 0 Å². The third-order valence-electron chi connectivity index (χ3n) is 3.99. The Bertz CT molecular complexity index is 955. The second kappa shape index (κ2) is 10.7. The Hall–Kier alpha value is -2.81. The van der Waals surface area contributed by atoms with E-state index in [1.54, 1.807) is 25.4 Å². The van der Waals surface area contributed by atoms with Crippen LogP contribution in [-0.2, 0) is 6.54 Å². The van der Waals surface area contributed by atoms with Crippen molar-refractivity contribution in [3.05, 3.63) is 77.5 Å². The minimum absolute atomic E-state index is 0. The maximum Gasteiger partial charge on any atom is 0.219 e. The zero-order valence-electron chi connectivity index (χ0n) is 16.7. The molecule has 3 rings (SSSR count). The number of nitrogens with zero attached hydrogens (tertiary/aromatic N) is 2. The Labute approximate surface area is 188 Å². The van der Waals surface area contributed by atoms with Gasteiger partial charge in [-0.3, -0.25) is 0 Å². The van der Waals surface area contributed by atoms with Crippen LogP contribution in [0.4, 0.5) is 5.69 Å². The maximum absolute atomic E-state index is 6.00. The average molecular weight is 504 g/mol. The average Bonchev–Trinajstić information content (AvgIpc) is 2.67. The van der Waals surface area contributed by atoms with Gasteiger partial charge in [-0.2, -0.15) is 0 Å². The molecular formula is C22H25IN4O2. The molecule has 0 saturated carbocycles. The Morgan fingerprint density at radius 2 is 1.76 bits per heavy atom. The number of hydrogen-bond acceptors (Lipinski definition) is 4. The number of pyridine rings is 1. The number of nitrogens with two attached hydrogens (primary N) is 1. The highest BCUT2D eigenvalue weighted by molar-refractivity contribution is 14.0. The molecule has 0 aliphatic rings. The molecule has 1 aromatic heterocycles. The molecule has 29 heavy (non-hydrogen) atoms. The number of rotatable bonds is 6. The molecule has 0 fully saturated rings. The van der Waals surface area contributed by atoms with Crippen LogP contribution in [0.3, 0.4) is 0 Å². The first-order chi connectivity index (χ1) is 13.5. The lowest BCUT2D eigenvalue weighted by atomic mass is 10.1. The number of halogens is 1. The quantitative estimate of drug-likeness (QED) is 0.279.